The Balaban J connectivity index is 1.42. The zero-order chi connectivity index (χ0) is 15.2. The molecule has 6 heteroatoms. The van der Waals surface area contributed by atoms with Crippen molar-refractivity contribution in [1.29, 1.82) is 0 Å². The fraction of sp³-hybridized carbons (Fsp3) is 0.500. The van der Waals surface area contributed by atoms with Gasteiger partial charge in [-0.25, -0.2) is 0 Å². The molecule has 3 rings (SSSR count). The Morgan fingerprint density at radius 1 is 1.55 bits per heavy atom. The number of aromatic nitrogens is 2. The first-order chi connectivity index (χ1) is 10.8. The molecule has 2 aromatic heterocycles. The Morgan fingerprint density at radius 2 is 2.50 bits per heavy atom. The summed E-state index contributed by atoms with van der Waals surface area (Å²) in [5.74, 6) is 0.143. The third kappa shape index (κ3) is 4.42. The van der Waals surface area contributed by atoms with Crippen molar-refractivity contribution in [3.63, 3.8) is 0 Å². The number of aryl methyl sites for hydroxylation is 1. The molecule has 1 atom stereocenters. The summed E-state index contributed by atoms with van der Waals surface area (Å²) < 4.78 is 0. The Kier molecular flexibility index (Phi) is 5.24. The number of rotatable bonds is 6. The first-order valence-electron chi connectivity index (χ1n) is 7.81. The minimum atomic E-state index is 0.143. The number of hydrogen-bond donors (Lipinski definition) is 2. The van der Waals surface area contributed by atoms with Crippen LogP contribution in [-0.2, 0) is 17.8 Å². The first-order valence-corrected chi connectivity index (χ1v) is 8.69. The van der Waals surface area contributed by atoms with E-state index in [1.54, 1.807) is 17.5 Å². The second-order valence-corrected chi connectivity index (χ2v) is 6.86. The molecule has 1 aliphatic rings. The SMILES string of the molecule is O=C(CCc1cn[nH]c1)N[C@H]1CCCN(Cc2cccs2)C1. The van der Waals surface area contributed by atoms with Gasteiger partial charge in [0.2, 0.25) is 5.91 Å². The van der Waals surface area contributed by atoms with Crippen LogP contribution in [0.2, 0.25) is 0 Å². The van der Waals surface area contributed by atoms with Crippen LogP contribution in [0.5, 0.6) is 0 Å². The molecule has 2 aromatic rings. The molecule has 2 N–H and O–H groups in total. The maximum atomic E-state index is 12.1. The van der Waals surface area contributed by atoms with Gasteiger partial charge in [0.05, 0.1) is 6.20 Å². The molecule has 0 aliphatic carbocycles. The number of piperidine rings is 1. The van der Waals surface area contributed by atoms with E-state index in [0.29, 0.717) is 6.42 Å². The molecular weight excluding hydrogens is 296 g/mol. The monoisotopic (exact) mass is 318 g/mol. The summed E-state index contributed by atoms with van der Waals surface area (Å²) in [5.41, 5.74) is 1.08. The number of hydrogen-bond acceptors (Lipinski definition) is 4. The molecule has 1 saturated heterocycles. The highest BCUT2D eigenvalue weighted by Gasteiger charge is 2.21. The van der Waals surface area contributed by atoms with E-state index in [1.165, 1.54) is 4.88 Å². The van der Waals surface area contributed by atoms with E-state index < -0.39 is 0 Å². The van der Waals surface area contributed by atoms with E-state index in [1.807, 2.05) is 6.20 Å². The van der Waals surface area contributed by atoms with Crippen molar-refractivity contribution in [3.05, 3.63) is 40.3 Å². The molecule has 5 nitrogen and oxygen atoms in total. The Morgan fingerprint density at radius 3 is 3.27 bits per heavy atom. The predicted molar refractivity (Wildman–Crippen MR) is 87.7 cm³/mol. The zero-order valence-corrected chi connectivity index (χ0v) is 13.4. The molecule has 0 saturated carbocycles. The highest BCUT2D eigenvalue weighted by Crippen LogP contribution is 2.17. The van der Waals surface area contributed by atoms with Gasteiger partial charge in [0, 0.05) is 36.6 Å². The number of carbonyl (C=O) groups is 1. The maximum absolute atomic E-state index is 12.1. The molecule has 1 amide bonds. The molecule has 0 unspecified atom stereocenters. The van der Waals surface area contributed by atoms with Gasteiger partial charge in [-0.1, -0.05) is 6.07 Å². The number of amides is 1. The van der Waals surface area contributed by atoms with Gasteiger partial charge in [-0.15, -0.1) is 11.3 Å². The van der Waals surface area contributed by atoms with Gasteiger partial charge in [-0.05, 0) is 42.8 Å². The molecule has 0 bridgehead atoms. The second-order valence-electron chi connectivity index (χ2n) is 5.83. The van der Waals surface area contributed by atoms with Crippen molar-refractivity contribution in [2.24, 2.45) is 0 Å². The lowest BCUT2D eigenvalue weighted by atomic mass is 10.0. The summed E-state index contributed by atoms with van der Waals surface area (Å²) in [7, 11) is 0. The normalized spacial score (nSPS) is 19.2. The van der Waals surface area contributed by atoms with Gasteiger partial charge < -0.3 is 5.32 Å². The van der Waals surface area contributed by atoms with E-state index in [0.717, 1.165) is 44.5 Å². The fourth-order valence-electron chi connectivity index (χ4n) is 2.91. The molecule has 0 radical (unpaired) electrons. The molecular formula is C16H22N4OS. The van der Waals surface area contributed by atoms with Crippen molar-refractivity contribution < 1.29 is 4.79 Å². The Labute approximate surface area is 134 Å². The second kappa shape index (κ2) is 7.56. The molecule has 3 heterocycles. The average Bonchev–Trinajstić information content (AvgIpc) is 3.19. The number of carbonyl (C=O) groups excluding carboxylic acids is 1. The van der Waals surface area contributed by atoms with Crippen molar-refractivity contribution in [2.75, 3.05) is 13.1 Å². The molecule has 0 aromatic carbocycles. The first kappa shape index (κ1) is 15.2. The van der Waals surface area contributed by atoms with Crippen molar-refractivity contribution in [3.8, 4) is 0 Å². The van der Waals surface area contributed by atoms with Crippen LogP contribution in [0, 0.1) is 0 Å². The van der Waals surface area contributed by atoms with Crippen LogP contribution < -0.4 is 5.32 Å². The van der Waals surface area contributed by atoms with Gasteiger partial charge in [-0.2, -0.15) is 5.10 Å². The van der Waals surface area contributed by atoms with E-state index >= 15 is 0 Å². The number of aromatic amines is 1. The number of nitrogens with zero attached hydrogens (tertiary/aromatic N) is 2. The standard InChI is InChI=1S/C16H22N4OS/c21-16(6-5-13-9-17-18-10-13)19-14-3-1-7-20(11-14)12-15-4-2-8-22-15/h2,4,8-10,14H,1,3,5-7,11-12H2,(H,17,18)(H,19,21)/t14-/m0/s1. The van der Waals surface area contributed by atoms with Crippen LogP contribution in [0.1, 0.15) is 29.7 Å². The lowest BCUT2D eigenvalue weighted by Gasteiger charge is -2.32. The van der Waals surface area contributed by atoms with Crippen LogP contribution in [0.4, 0.5) is 0 Å². The van der Waals surface area contributed by atoms with Gasteiger partial charge in [0.25, 0.3) is 0 Å². The maximum Gasteiger partial charge on any atom is 0.220 e. The van der Waals surface area contributed by atoms with Crippen molar-refractivity contribution in [2.45, 2.75) is 38.3 Å². The fourth-order valence-corrected chi connectivity index (χ4v) is 3.66. The average molecular weight is 318 g/mol. The van der Waals surface area contributed by atoms with Crippen LogP contribution in [-0.4, -0.2) is 40.1 Å². The van der Waals surface area contributed by atoms with Crippen LogP contribution in [0.25, 0.3) is 0 Å². The predicted octanol–water partition coefficient (Wildman–Crippen LogP) is 2.18. The van der Waals surface area contributed by atoms with Crippen LogP contribution in [0.3, 0.4) is 0 Å². The van der Waals surface area contributed by atoms with Gasteiger partial charge >= 0.3 is 0 Å². The van der Waals surface area contributed by atoms with E-state index in [-0.39, 0.29) is 11.9 Å². The quantitative estimate of drug-likeness (QED) is 0.858. The molecule has 1 fully saturated rings. The third-order valence-electron chi connectivity index (χ3n) is 4.03. The number of nitrogens with one attached hydrogen (secondary N) is 2. The third-order valence-corrected chi connectivity index (χ3v) is 4.89. The highest BCUT2D eigenvalue weighted by atomic mass is 32.1. The largest absolute Gasteiger partial charge is 0.352 e. The smallest absolute Gasteiger partial charge is 0.220 e. The van der Waals surface area contributed by atoms with E-state index in [9.17, 15) is 4.79 Å². The summed E-state index contributed by atoms with van der Waals surface area (Å²) in [4.78, 5) is 15.9. The summed E-state index contributed by atoms with van der Waals surface area (Å²) >= 11 is 1.80. The van der Waals surface area contributed by atoms with E-state index in [4.69, 9.17) is 0 Å². The number of H-pyrrole nitrogens is 1. The van der Waals surface area contributed by atoms with E-state index in [2.05, 4.69) is 37.9 Å². The highest BCUT2D eigenvalue weighted by molar-refractivity contribution is 7.09. The van der Waals surface area contributed by atoms with Gasteiger partial charge in [0.15, 0.2) is 0 Å². The molecule has 22 heavy (non-hydrogen) atoms. The van der Waals surface area contributed by atoms with Crippen LogP contribution in [0.15, 0.2) is 29.9 Å². The lowest BCUT2D eigenvalue weighted by Crippen LogP contribution is -2.47. The van der Waals surface area contributed by atoms with Gasteiger partial charge in [0.1, 0.15) is 0 Å². The topological polar surface area (TPSA) is 61.0 Å². The number of likely N-dealkylation sites (tertiary alicyclic amines) is 1. The van der Waals surface area contributed by atoms with Gasteiger partial charge in [-0.3, -0.25) is 14.8 Å². The summed E-state index contributed by atoms with van der Waals surface area (Å²) in [5, 5.41) is 12.0. The Bertz CT molecular complexity index is 567. The van der Waals surface area contributed by atoms with Crippen molar-refractivity contribution >= 4 is 17.2 Å². The minimum Gasteiger partial charge on any atom is -0.352 e. The lowest BCUT2D eigenvalue weighted by molar-refractivity contribution is -0.122. The molecule has 0 spiro atoms. The summed E-state index contributed by atoms with van der Waals surface area (Å²) in [6.07, 6.45) is 7.12. The minimum absolute atomic E-state index is 0.143. The molecule has 1 aliphatic heterocycles. The van der Waals surface area contributed by atoms with Crippen molar-refractivity contribution in [1.82, 2.24) is 20.4 Å². The Hall–Kier alpha value is -1.66. The molecule has 118 valence electrons. The number of thiophene rings is 1. The summed E-state index contributed by atoms with van der Waals surface area (Å²) in [6.45, 7) is 3.08. The zero-order valence-electron chi connectivity index (χ0n) is 12.6. The summed E-state index contributed by atoms with van der Waals surface area (Å²) in [6, 6.07) is 4.56. The van der Waals surface area contributed by atoms with Crippen LogP contribution >= 0.6 is 11.3 Å².